The zero-order valence-corrected chi connectivity index (χ0v) is 16.5. The number of nitrogens with one attached hydrogen (secondary N) is 1. The average Bonchev–Trinajstić information content (AvgIpc) is 3.33. The van der Waals surface area contributed by atoms with Gasteiger partial charge in [-0.15, -0.1) is 0 Å². The van der Waals surface area contributed by atoms with Crippen LogP contribution in [0.15, 0.2) is 16.8 Å². The second-order valence-electron chi connectivity index (χ2n) is 8.39. The molecule has 1 saturated carbocycles. The first-order valence-corrected chi connectivity index (χ1v) is 10.2. The standard InChI is InChI=1S/C21H26N4O3/c1-13-11-16(14(2)28-13)20(27)24-9-6-21(7-10-24)18-17(22-12-23-18)5-8-25(21)19(26)15-3-4-15/h11-12,15H,3-10H2,1-2H3,(H,22,23). The maximum atomic E-state index is 13.0. The van der Waals surface area contributed by atoms with Crippen LogP contribution in [0.25, 0.3) is 0 Å². The van der Waals surface area contributed by atoms with E-state index < -0.39 is 0 Å². The van der Waals surface area contributed by atoms with Crippen LogP contribution in [0.2, 0.25) is 0 Å². The number of amides is 2. The Balaban J connectivity index is 1.41. The molecule has 0 radical (unpaired) electrons. The molecule has 2 amide bonds. The van der Waals surface area contributed by atoms with Crippen LogP contribution < -0.4 is 0 Å². The third kappa shape index (κ3) is 2.59. The molecule has 0 aromatic carbocycles. The van der Waals surface area contributed by atoms with Crippen molar-refractivity contribution in [3.63, 3.8) is 0 Å². The van der Waals surface area contributed by atoms with Gasteiger partial charge in [-0.05, 0) is 45.6 Å². The molecular formula is C21H26N4O3. The SMILES string of the molecule is Cc1cc(C(=O)N2CCC3(CC2)c2nc[nH]c2CCN3C(=O)C2CC2)c(C)o1. The summed E-state index contributed by atoms with van der Waals surface area (Å²) in [7, 11) is 0. The molecule has 1 saturated heterocycles. The number of likely N-dealkylation sites (tertiary alicyclic amines) is 1. The summed E-state index contributed by atoms with van der Waals surface area (Å²) < 4.78 is 5.54. The molecule has 0 atom stereocenters. The van der Waals surface area contributed by atoms with Crippen molar-refractivity contribution in [3.8, 4) is 0 Å². The van der Waals surface area contributed by atoms with Gasteiger partial charge in [0.2, 0.25) is 5.91 Å². The van der Waals surface area contributed by atoms with E-state index in [9.17, 15) is 9.59 Å². The molecule has 1 aliphatic carbocycles. The van der Waals surface area contributed by atoms with Gasteiger partial charge in [0.1, 0.15) is 11.5 Å². The molecule has 7 heteroatoms. The van der Waals surface area contributed by atoms with E-state index in [0.717, 1.165) is 55.8 Å². The summed E-state index contributed by atoms with van der Waals surface area (Å²) in [5, 5.41) is 0. The number of carbonyl (C=O) groups is 2. The highest BCUT2D eigenvalue weighted by Gasteiger charge is 2.51. The van der Waals surface area contributed by atoms with Gasteiger partial charge in [0.05, 0.1) is 23.1 Å². The summed E-state index contributed by atoms with van der Waals surface area (Å²) in [4.78, 5) is 37.9. The minimum absolute atomic E-state index is 0.0160. The van der Waals surface area contributed by atoms with Crippen molar-refractivity contribution >= 4 is 11.8 Å². The molecule has 2 fully saturated rings. The van der Waals surface area contributed by atoms with Gasteiger partial charge >= 0.3 is 0 Å². The summed E-state index contributed by atoms with van der Waals surface area (Å²) in [6, 6.07) is 1.82. The molecule has 1 spiro atoms. The van der Waals surface area contributed by atoms with Crippen molar-refractivity contribution in [2.24, 2.45) is 5.92 Å². The highest BCUT2D eigenvalue weighted by atomic mass is 16.3. The van der Waals surface area contributed by atoms with Crippen molar-refractivity contribution < 1.29 is 14.0 Å². The third-order valence-corrected chi connectivity index (χ3v) is 6.60. The number of fused-ring (bicyclic) bond motifs is 2. The number of H-pyrrole nitrogens is 1. The van der Waals surface area contributed by atoms with E-state index in [-0.39, 0.29) is 23.3 Å². The topological polar surface area (TPSA) is 82.4 Å². The van der Waals surface area contributed by atoms with Crippen LogP contribution in [0.1, 0.15) is 58.9 Å². The van der Waals surface area contributed by atoms with Gasteiger partial charge in [0.25, 0.3) is 5.91 Å². The molecule has 148 valence electrons. The number of hydrogen-bond acceptors (Lipinski definition) is 4. The number of imidazole rings is 1. The summed E-state index contributed by atoms with van der Waals surface area (Å²) in [6.45, 7) is 5.65. The third-order valence-electron chi connectivity index (χ3n) is 6.60. The molecule has 1 N–H and O–H groups in total. The van der Waals surface area contributed by atoms with Crippen LogP contribution >= 0.6 is 0 Å². The monoisotopic (exact) mass is 382 g/mol. The number of rotatable bonds is 2. The molecular weight excluding hydrogens is 356 g/mol. The Morgan fingerprint density at radius 1 is 1.21 bits per heavy atom. The molecule has 0 bridgehead atoms. The lowest BCUT2D eigenvalue weighted by atomic mass is 9.78. The summed E-state index contributed by atoms with van der Waals surface area (Å²) in [5.41, 5.74) is 2.41. The minimum atomic E-state index is -0.384. The molecule has 4 heterocycles. The fourth-order valence-corrected chi connectivity index (χ4v) is 4.95. The number of hydrogen-bond donors (Lipinski definition) is 1. The molecule has 0 unspecified atom stereocenters. The molecule has 7 nitrogen and oxygen atoms in total. The van der Waals surface area contributed by atoms with Crippen LogP contribution in [-0.2, 0) is 16.8 Å². The second kappa shape index (κ2) is 6.22. The van der Waals surface area contributed by atoms with Crippen LogP contribution in [0.4, 0.5) is 0 Å². The fraction of sp³-hybridized carbons (Fsp3) is 0.571. The van der Waals surface area contributed by atoms with Crippen LogP contribution in [0.3, 0.4) is 0 Å². The van der Waals surface area contributed by atoms with Crippen LogP contribution in [0, 0.1) is 19.8 Å². The Morgan fingerprint density at radius 3 is 2.61 bits per heavy atom. The predicted molar refractivity (Wildman–Crippen MR) is 102 cm³/mol. The van der Waals surface area contributed by atoms with Gasteiger partial charge in [-0.25, -0.2) is 4.98 Å². The number of aromatic amines is 1. The zero-order chi connectivity index (χ0) is 19.5. The smallest absolute Gasteiger partial charge is 0.257 e. The number of piperidine rings is 1. The molecule has 3 aliphatic rings. The van der Waals surface area contributed by atoms with E-state index in [0.29, 0.717) is 24.4 Å². The molecule has 28 heavy (non-hydrogen) atoms. The number of carbonyl (C=O) groups excluding carboxylic acids is 2. The summed E-state index contributed by atoms with van der Waals surface area (Å²) in [6.07, 6.45) is 6.03. The zero-order valence-electron chi connectivity index (χ0n) is 16.5. The Morgan fingerprint density at radius 2 is 1.96 bits per heavy atom. The van der Waals surface area contributed by atoms with Crippen molar-refractivity contribution in [1.82, 2.24) is 19.8 Å². The van der Waals surface area contributed by atoms with Crippen molar-refractivity contribution in [1.29, 1.82) is 0 Å². The Kier molecular flexibility index (Phi) is 3.89. The first-order chi connectivity index (χ1) is 13.5. The fourth-order valence-electron chi connectivity index (χ4n) is 4.95. The van der Waals surface area contributed by atoms with Gasteiger partial charge < -0.3 is 19.2 Å². The molecule has 2 aliphatic heterocycles. The number of aryl methyl sites for hydroxylation is 2. The van der Waals surface area contributed by atoms with Crippen LogP contribution in [-0.4, -0.2) is 51.2 Å². The van der Waals surface area contributed by atoms with E-state index in [1.54, 1.807) is 6.33 Å². The van der Waals surface area contributed by atoms with Crippen LogP contribution in [0.5, 0.6) is 0 Å². The highest BCUT2D eigenvalue weighted by molar-refractivity contribution is 5.95. The van der Waals surface area contributed by atoms with E-state index in [1.165, 1.54) is 0 Å². The second-order valence-corrected chi connectivity index (χ2v) is 8.39. The van der Waals surface area contributed by atoms with Gasteiger partial charge in [-0.2, -0.15) is 0 Å². The van der Waals surface area contributed by atoms with Gasteiger partial charge in [-0.3, -0.25) is 9.59 Å². The average molecular weight is 382 g/mol. The molecule has 2 aromatic heterocycles. The quantitative estimate of drug-likeness (QED) is 0.865. The van der Waals surface area contributed by atoms with Crippen molar-refractivity contribution in [2.45, 2.75) is 51.5 Å². The minimum Gasteiger partial charge on any atom is -0.466 e. The van der Waals surface area contributed by atoms with E-state index >= 15 is 0 Å². The number of nitrogens with zero attached hydrogens (tertiary/aromatic N) is 3. The van der Waals surface area contributed by atoms with E-state index in [1.807, 2.05) is 24.8 Å². The van der Waals surface area contributed by atoms with Gasteiger partial charge in [0.15, 0.2) is 0 Å². The molecule has 5 rings (SSSR count). The summed E-state index contributed by atoms with van der Waals surface area (Å²) >= 11 is 0. The van der Waals surface area contributed by atoms with E-state index in [2.05, 4.69) is 14.9 Å². The van der Waals surface area contributed by atoms with Crippen molar-refractivity contribution in [2.75, 3.05) is 19.6 Å². The summed E-state index contributed by atoms with van der Waals surface area (Å²) in [5.74, 6) is 1.90. The first-order valence-electron chi connectivity index (χ1n) is 10.2. The first kappa shape index (κ1) is 17.5. The maximum absolute atomic E-state index is 13.0. The maximum Gasteiger partial charge on any atom is 0.257 e. The van der Waals surface area contributed by atoms with Crippen molar-refractivity contribution in [3.05, 3.63) is 40.9 Å². The predicted octanol–water partition coefficient (Wildman–Crippen LogP) is 2.55. The Labute approximate surface area is 164 Å². The molecule has 2 aromatic rings. The van der Waals surface area contributed by atoms with Gasteiger partial charge in [-0.1, -0.05) is 0 Å². The lowest BCUT2D eigenvalue weighted by molar-refractivity contribution is -0.143. The number of aromatic nitrogens is 2. The highest BCUT2D eigenvalue weighted by Crippen LogP contribution is 2.45. The Hall–Kier alpha value is -2.57. The van der Waals surface area contributed by atoms with Gasteiger partial charge in [0, 0.05) is 37.7 Å². The lowest BCUT2D eigenvalue weighted by Crippen LogP contribution is -2.59. The lowest BCUT2D eigenvalue weighted by Gasteiger charge is -2.50. The normalized spacial score (nSPS) is 21.1. The largest absolute Gasteiger partial charge is 0.466 e. The number of furan rings is 1. The Bertz CT molecular complexity index is 931. The van der Waals surface area contributed by atoms with E-state index in [4.69, 9.17) is 4.42 Å².